The highest BCUT2D eigenvalue weighted by molar-refractivity contribution is 7.09. The number of imide groups is 1. The molecule has 2 aromatic rings. The second-order valence-electron chi connectivity index (χ2n) is 8.46. The number of nitrogens with zero attached hydrogens (tertiary/aromatic N) is 3. The molecule has 0 bridgehead atoms. The molecule has 30 heavy (non-hydrogen) atoms. The van der Waals surface area contributed by atoms with E-state index in [1.807, 2.05) is 30.3 Å². The fraction of sp³-hybridized carbons (Fsp3) is 0.524. The third kappa shape index (κ3) is 6.07. The van der Waals surface area contributed by atoms with Crippen molar-refractivity contribution in [2.45, 2.75) is 64.1 Å². The van der Waals surface area contributed by atoms with Crippen LogP contribution in [0.5, 0.6) is 0 Å². The molecule has 3 N–H and O–H groups in total. The smallest absolute Gasteiger partial charge is 0.350 e. The maximum atomic E-state index is 12.4. The van der Waals surface area contributed by atoms with Crippen LogP contribution in [0.15, 0.2) is 35.3 Å². The average Bonchev–Trinajstić information content (AvgIpc) is 3.33. The highest BCUT2D eigenvalue weighted by atomic mass is 32.1. The lowest BCUT2D eigenvalue weighted by Gasteiger charge is -2.13. The molecule has 1 fully saturated rings. The van der Waals surface area contributed by atoms with Crippen LogP contribution in [-0.2, 0) is 27.9 Å². The van der Waals surface area contributed by atoms with Crippen molar-refractivity contribution < 1.29 is 14.3 Å². The summed E-state index contributed by atoms with van der Waals surface area (Å²) in [5, 5.41) is 7.78. The Bertz CT molecular complexity index is 940. The molecule has 3 amide bonds. The summed E-state index contributed by atoms with van der Waals surface area (Å²) in [5.41, 5.74) is 6.70. The fourth-order valence-corrected chi connectivity index (χ4v) is 4.04. The zero-order chi connectivity index (χ0) is 21.7. The molecule has 1 aliphatic heterocycles. The van der Waals surface area contributed by atoms with Crippen LogP contribution >= 0.6 is 11.3 Å². The van der Waals surface area contributed by atoms with E-state index in [0.29, 0.717) is 17.8 Å². The Kier molecular flexibility index (Phi) is 7.17. The van der Waals surface area contributed by atoms with E-state index in [1.165, 1.54) is 11.3 Å². The highest BCUT2D eigenvalue weighted by Gasteiger charge is 2.23. The number of urea groups is 1. The van der Waals surface area contributed by atoms with E-state index in [2.05, 4.69) is 36.2 Å². The number of amides is 3. The molecule has 2 atom stereocenters. The van der Waals surface area contributed by atoms with E-state index in [0.717, 1.165) is 30.0 Å². The molecule has 0 saturated carbocycles. The molecular weight excluding hydrogens is 402 g/mol. The van der Waals surface area contributed by atoms with Crippen molar-refractivity contribution in [3.8, 4) is 0 Å². The van der Waals surface area contributed by atoms with Gasteiger partial charge in [0.2, 0.25) is 10.7 Å². The monoisotopic (exact) mass is 431 g/mol. The van der Waals surface area contributed by atoms with Crippen molar-refractivity contribution in [3.63, 3.8) is 0 Å². The number of benzene rings is 1. The van der Waals surface area contributed by atoms with E-state index in [1.54, 1.807) is 4.68 Å². The van der Waals surface area contributed by atoms with Crippen LogP contribution in [0.2, 0.25) is 0 Å². The SMILES string of the molecule is CC(C)(C)c1nn(C[C@H]2CCCO2)c(=NC(=O)NC(=O)[C@@H](N)Cc2ccccc2)s1. The van der Waals surface area contributed by atoms with Gasteiger partial charge in [0.05, 0.1) is 18.7 Å². The van der Waals surface area contributed by atoms with Gasteiger partial charge in [0.25, 0.3) is 0 Å². The number of ether oxygens (including phenoxy) is 1. The van der Waals surface area contributed by atoms with E-state index >= 15 is 0 Å². The highest BCUT2D eigenvalue weighted by Crippen LogP contribution is 2.22. The molecule has 162 valence electrons. The molecule has 0 aliphatic carbocycles. The zero-order valence-corrected chi connectivity index (χ0v) is 18.4. The Morgan fingerprint density at radius 3 is 2.73 bits per heavy atom. The number of carbonyl (C=O) groups is 2. The standard InChI is InChI=1S/C21H29N5O3S/c1-21(2,3)18-25-26(13-15-10-7-11-29-15)20(30-18)24-19(28)23-17(27)16(22)12-14-8-5-4-6-9-14/h4-6,8-9,15-16H,7,10-13,22H2,1-3H3,(H,23,27,28)/t15-,16+/m1/s1. The van der Waals surface area contributed by atoms with Gasteiger partial charge < -0.3 is 10.5 Å². The van der Waals surface area contributed by atoms with Crippen LogP contribution in [-0.4, -0.2) is 40.5 Å². The molecule has 1 saturated heterocycles. The van der Waals surface area contributed by atoms with Gasteiger partial charge in [-0.15, -0.1) is 0 Å². The summed E-state index contributed by atoms with van der Waals surface area (Å²) in [4.78, 5) is 29.3. The molecule has 2 heterocycles. The molecular formula is C21H29N5O3S. The lowest BCUT2D eigenvalue weighted by atomic mass is 9.98. The lowest BCUT2D eigenvalue weighted by molar-refractivity contribution is -0.121. The van der Waals surface area contributed by atoms with E-state index < -0.39 is 18.0 Å². The molecule has 3 rings (SSSR count). The van der Waals surface area contributed by atoms with Gasteiger partial charge >= 0.3 is 6.03 Å². The summed E-state index contributed by atoms with van der Waals surface area (Å²) < 4.78 is 7.40. The average molecular weight is 432 g/mol. The molecule has 0 radical (unpaired) electrons. The minimum absolute atomic E-state index is 0.0582. The Labute approximate surface area is 180 Å². The first kappa shape index (κ1) is 22.3. The summed E-state index contributed by atoms with van der Waals surface area (Å²) in [6.45, 7) is 7.43. The van der Waals surface area contributed by atoms with Crippen molar-refractivity contribution in [2.24, 2.45) is 10.7 Å². The van der Waals surface area contributed by atoms with Crippen LogP contribution in [0.4, 0.5) is 4.79 Å². The third-order valence-electron chi connectivity index (χ3n) is 4.72. The molecule has 1 aliphatic rings. The summed E-state index contributed by atoms with van der Waals surface area (Å²) in [7, 11) is 0. The fourth-order valence-electron chi connectivity index (χ4n) is 3.07. The molecule has 1 aromatic heterocycles. The number of aromatic nitrogens is 2. The van der Waals surface area contributed by atoms with Gasteiger partial charge in [0.1, 0.15) is 5.01 Å². The van der Waals surface area contributed by atoms with Gasteiger partial charge in [-0.3, -0.25) is 10.1 Å². The summed E-state index contributed by atoms with van der Waals surface area (Å²) >= 11 is 1.34. The van der Waals surface area contributed by atoms with Gasteiger partial charge in [-0.25, -0.2) is 9.48 Å². The van der Waals surface area contributed by atoms with E-state index in [-0.39, 0.29) is 11.5 Å². The maximum Gasteiger partial charge on any atom is 0.350 e. The van der Waals surface area contributed by atoms with Gasteiger partial charge in [0, 0.05) is 12.0 Å². The van der Waals surface area contributed by atoms with Gasteiger partial charge in [0.15, 0.2) is 0 Å². The number of nitrogens with one attached hydrogen (secondary N) is 1. The van der Waals surface area contributed by atoms with Crippen LogP contribution < -0.4 is 15.9 Å². The largest absolute Gasteiger partial charge is 0.376 e. The third-order valence-corrected chi connectivity index (χ3v) is 6.10. The van der Waals surface area contributed by atoms with Crippen molar-refractivity contribution in [1.29, 1.82) is 0 Å². The zero-order valence-electron chi connectivity index (χ0n) is 17.6. The Balaban J connectivity index is 1.72. The normalized spacial score (nSPS) is 18.4. The van der Waals surface area contributed by atoms with Gasteiger partial charge in [-0.1, -0.05) is 62.4 Å². The van der Waals surface area contributed by atoms with Crippen LogP contribution in [0.3, 0.4) is 0 Å². The molecule has 0 spiro atoms. The molecule has 0 unspecified atom stereocenters. The topological polar surface area (TPSA) is 112 Å². The van der Waals surface area contributed by atoms with Crippen molar-refractivity contribution in [3.05, 3.63) is 45.7 Å². The van der Waals surface area contributed by atoms with Crippen molar-refractivity contribution in [2.75, 3.05) is 6.61 Å². The van der Waals surface area contributed by atoms with E-state index in [4.69, 9.17) is 10.5 Å². The summed E-state index contributed by atoms with van der Waals surface area (Å²) in [5.74, 6) is -0.557. The summed E-state index contributed by atoms with van der Waals surface area (Å²) in [6.07, 6.45) is 2.37. The number of rotatable bonds is 5. The first-order chi connectivity index (χ1) is 14.2. The van der Waals surface area contributed by atoms with Crippen LogP contribution in [0.1, 0.15) is 44.2 Å². The first-order valence-corrected chi connectivity index (χ1v) is 10.9. The first-order valence-electron chi connectivity index (χ1n) is 10.1. The molecule has 8 nitrogen and oxygen atoms in total. The van der Waals surface area contributed by atoms with Crippen molar-refractivity contribution in [1.82, 2.24) is 15.1 Å². The summed E-state index contributed by atoms with van der Waals surface area (Å²) in [6, 6.07) is 7.85. The Hall–Kier alpha value is -2.36. The second-order valence-corrected chi connectivity index (χ2v) is 9.42. The number of hydrogen-bond acceptors (Lipinski definition) is 6. The Morgan fingerprint density at radius 1 is 1.37 bits per heavy atom. The maximum absolute atomic E-state index is 12.4. The Morgan fingerprint density at radius 2 is 2.10 bits per heavy atom. The number of carbonyl (C=O) groups excluding carboxylic acids is 2. The predicted octanol–water partition coefficient (Wildman–Crippen LogP) is 2.13. The number of nitrogens with two attached hydrogens (primary N) is 1. The van der Waals surface area contributed by atoms with Crippen molar-refractivity contribution >= 4 is 23.3 Å². The minimum atomic E-state index is -0.836. The van der Waals surface area contributed by atoms with Gasteiger partial charge in [-0.2, -0.15) is 10.1 Å². The molecule has 9 heteroatoms. The molecule has 1 aromatic carbocycles. The predicted molar refractivity (Wildman–Crippen MR) is 115 cm³/mol. The van der Waals surface area contributed by atoms with Crippen LogP contribution in [0.25, 0.3) is 0 Å². The second kappa shape index (κ2) is 9.63. The van der Waals surface area contributed by atoms with Crippen LogP contribution in [0, 0.1) is 0 Å². The van der Waals surface area contributed by atoms with Gasteiger partial charge in [-0.05, 0) is 24.8 Å². The minimum Gasteiger partial charge on any atom is -0.376 e. The van der Waals surface area contributed by atoms with E-state index in [9.17, 15) is 9.59 Å². The lowest BCUT2D eigenvalue weighted by Crippen LogP contribution is -2.44. The quantitative estimate of drug-likeness (QED) is 0.753. The number of hydrogen-bond donors (Lipinski definition) is 2.